The molecule has 0 atom stereocenters. The van der Waals surface area contributed by atoms with Crippen LogP contribution in [-0.2, 0) is 23.0 Å². The lowest BCUT2D eigenvalue weighted by Gasteiger charge is -2.25. The van der Waals surface area contributed by atoms with Crippen LogP contribution in [0.1, 0.15) is 18.1 Å². The van der Waals surface area contributed by atoms with Crippen molar-refractivity contribution in [3.05, 3.63) is 89.3 Å². The molecule has 2 heterocycles. The van der Waals surface area contributed by atoms with Gasteiger partial charge >= 0.3 is 0 Å². The Morgan fingerprint density at radius 3 is 2.55 bits per heavy atom. The van der Waals surface area contributed by atoms with E-state index in [4.69, 9.17) is 11.6 Å². The third-order valence-electron chi connectivity index (χ3n) is 4.70. The molecule has 2 aromatic carbocycles. The predicted octanol–water partition coefficient (Wildman–Crippen LogP) is 4.34. The average molecular weight is 427 g/mol. The first-order chi connectivity index (χ1) is 14.0. The maximum absolute atomic E-state index is 13.7. The Hall–Kier alpha value is -2.90. The van der Waals surface area contributed by atoms with E-state index in [0.717, 1.165) is 17.5 Å². The fourth-order valence-electron chi connectivity index (χ4n) is 3.16. The number of aromatic nitrogens is 3. The van der Waals surface area contributed by atoms with Gasteiger partial charge in [-0.1, -0.05) is 42.8 Å². The smallest absolute Gasteiger partial charge is 0.268 e. The molecule has 0 fully saturated rings. The Labute approximate surface area is 174 Å². The van der Waals surface area contributed by atoms with Crippen molar-refractivity contribution in [2.45, 2.75) is 24.8 Å². The lowest BCUT2D eigenvalue weighted by atomic mass is 10.1. The van der Waals surface area contributed by atoms with Crippen molar-refractivity contribution in [2.75, 3.05) is 4.31 Å². The number of hydrogen-bond donors (Lipinski definition) is 0. The first kappa shape index (κ1) is 19.4. The van der Waals surface area contributed by atoms with Gasteiger partial charge in [0.05, 0.1) is 12.2 Å². The summed E-state index contributed by atoms with van der Waals surface area (Å²) in [6.45, 7) is 2.20. The topological polar surface area (TPSA) is 67.6 Å². The average Bonchev–Trinajstić information content (AvgIpc) is 3.21. The molecule has 148 valence electrons. The molecule has 2 aromatic heterocycles. The third-order valence-corrected chi connectivity index (χ3v) is 6.73. The molecule has 0 radical (unpaired) electrons. The standard InChI is InChI=1S/C21H19ClN4O2S/c1-2-16-8-10-19(11-9-16)26(14-17-5-3-6-18(22)13-17)29(27,28)20-7-4-12-25-15-23-24-21(20)25/h3-13,15H,2,14H2,1H3. The molecule has 0 bridgehead atoms. The number of anilines is 1. The molecule has 0 saturated heterocycles. The third kappa shape index (κ3) is 3.83. The Kier molecular flexibility index (Phi) is 5.25. The van der Waals surface area contributed by atoms with E-state index in [1.54, 1.807) is 34.9 Å². The van der Waals surface area contributed by atoms with Crippen LogP contribution in [0, 0.1) is 0 Å². The minimum absolute atomic E-state index is 0.0964. The maximum Gasteiger partial charge on any atom is 0.268 e. The number of fused-ring (bicyclic) bond motifs is 1. The lowest BCUT2D eigenvalue weighted by molar-refractivity contribution is 0.590. The van der Waals surface area contributed by atoms with Crippen LogP contribution in [-0.4, -0.2) is 23.0 Å². The number of aryl methyl sites for hydroxylation is 1. The SMILES string of the molecule is CCc1ccc(N(Cc2cccc(Cl)c2)S(=O)(=O)c2cccn3cnnc23)cc1. The molecule has 4 rings (SSSR count). The number of halogens is 1. The van der Waals surface area contributed by atoms with E-state index in [2.05, 4.69) is 17.1 Å². The van der Waals surface area contributed by atoms with Gasteiger partial charge in [-0.2, -0.15) is 0 Å². The van der Waals surface area contributed by atoms with Crippen molar-refractivity contribution in [1.82, 2.24) is 14.6 Å². The molecular weight excluding hydrogens is 408 g/mol. The van der Waals surface area contributed by atoms with E-state index in [0.29, 0.717) is 10.7 Å². The molecule has 8 heteroatoms. The van der Waals surface area contributed by atoms with Gasteiger partial charge in [-0.05, 0) is 53.9 Å². The molecule has 0 amide bonds. The Bertz CT molecular complexity index is 1250. The summed E-state index contributed by atoms with van der Waals surface area (Å²) in [5.74, 6) is 0. The van der Waals surface area contributed by atoms with Gasteiger partial charge in [-0.15, -0.1) is 10.2 Å². The number of hydrogen-bond acceptors (Lipinski definition) is 4. The van der Waals surface area contributed by atoms with Crippen LogP contribution in [0.5, 0.6) is 0 Å². The second-order valence-corrected chi connectivity index (χ2v) is 8.86. The quantitative estimate of drug-likeness (QED) is 0.460. The molecule has 6 nitrogen and oxygen atoms in total. The summed E-state index contributed by atoms with van der Waals surface area (Å²) in [4.78, 5) is 0.0964. The molecule has 0 spiro atoms. The number of pyridine rings is 1. The van der Waals surface area contributed by atoms with Gasteiger partial charge in [0.2, 0.25) is 0 Å². The van der Waals surface area contributed by atoms with E-state index in [-0.39, 0.29) is 17.1 Å². The molecule has 0 N–H and O–H groups in total. The first-order valence-electron chi connectivity index (χ1n) is 9.13. The summed E-state index contributed by atoms with van der Waals surface area (Å²) in [5.41, 5.74) is 2.78. The van der Waals surface area contributed by atoms with E-state index in [1.807, 2.05) is 36.4 Å². The first-order valence-corrected chi connectivity index (χ1v) is 11.0. The van der Waals surface area contributed by atoms with Gasteiger partial charge in [-0.25, -0.2) is 8.42 Å². The second-order valence-electron chi connectivity index (χ2n) is 6.60. The van der Waals surface area contributed by atoms with Gasteiger partial charge < -0.3 is 0 Å². The molecular formula is C21H19ClN4O2S. The molecule has 0 aliphatic heterocycles. The van der Waals surface area contributed by atoms with Gasteiger partial charge in [0.1, 0.15) is 11.2 Å². The van der Waals surface area contributed by atoms with Gasteiger partial charge in [-0.3, -0.25) is 8.71 Å². The minimum Gasteiger partial charge on any atom is -0.288 e. The van der Waals surface area contributed by atoms with Crippen LogP contribution in [0.4, 0.5) is 5.69 Å². The molecule has 0 aliphatic rings. The van der Waals surface area contributed by atoms with Crippen LogP contribution in [0.2, 0.25) is 5.02 Å². The van der Waals surface area contributed by atoms with Crippen LogP contribution >= 0.6 is 11.6 Å². The zero-order valence-electron chi connectivity index (χ0n) is 15.7. The summed E-state index contributed by atoms with van der Waals surface area (Å²) >= 11 is 6.12. The van der Waals surface area contributed by atoms with Gasteiger partial charge in [0.15, 0.2) is 5.65 Å². The van der Waals surface area contributed by atoms with E-state index in [9.17, 15) is 8.42 Å². The molecule has 4 aromatic rings. The predicted molar refractivity (Wildman–Crippen MR) is 114 cm³/mol. The Morgan fingerprint density at radius 1 is 1.03 bits per heavy atom. The van der Waals surface area contributed by atoms with E-state index in [1.165, 1.54) is 10.6 Å². The maximum atomic E-state index is 13.7. The number of rotatable bonds is 6. The summed E-state index contributed by atoms with van der Waals surface area (Å²) in [6, 6.07) is 17.9. The van der Waals surface area contributed by atoms with E-state index < -0.39 is 10.0 Å². The van der Waals surface area contributed by atoms with Gasteiger partial charge in [0, 0.05) is 11.2 Å². The minimum atomic E-state index is -3.91. The van der Waals surface area contributed by atoms with Crippen LogP contribution in [0.15, 0.2) is 78.1 Å². The van der Waals surface area contributed by atoms with Crippen LogP contribution < -0.4 is 4.31 Å². The summed E-state index contributed by atoms with van der Waals surface area (Å²) < 4.78 is 30.4. The molecule has 29 heavy (non-hydrogen) atoms. The highest BCUT2D eigenvalue weighted by molar-refractivity contribution is 7.93. The molecule has 0 saturated carbocycles. The zero-order valence-corrected chi connectivity index (χ0v) is 17.3. The van der Waals surface area contributed by atoms with Crippen LogP contribution in [0.3, 0.4) is 0 Å². The Balaban J connectivity index is 1.85. The normalized spacial score (nSPS) is 11.7. The van der Waals surface area contributed by atoms with E-state index >= 15 is 0 Å². The molecule has 0 unspecified atom stereocenters. The number of benzene rings is 2. The number of sulfonamides is 1. The molecule has 0 aliphatic carbocycles. The van der Waals surface area contributed by atoms with Crippen molar-refractivity contribution >= 4 is 33.0 Å². The fraction of sp³-hybridized carbons (Fsp3) is 0.143. The lowest BCUT2D eigenvalue weighted by Crippen LogP contribution is -2.31. The van der Waals surface area contributed by atoms with Crippen molar-refractivity contribution in [2.24, 2.45) is 0 Å². The summed E-state index contributed by atoms with van der Waals surface area (Å²) in [5, 5.41) is 8.39. The second kappa shape index (κ2) is 7.85. The monoisotopic (exact) mass is 426 g/mol. The largest absolute Gasteiger partial charge is 0.288 e. The highest BCUT2D eigenvalue weighted by atomic mass is 35.5. The highest BCUT2D eigenvalue weighted by Gasteiger charge is 2.28. The van der Waals surface area contributed by atoms with Gasteiger partial charge in [0.25, 0.3) is 10.0 Å². The fourth-order valence-corrected chi connectivity index (χ4v) is 4.96. The van der Waals surface area contributed by atoms with Crippen molar-refractivity contribution in [3.63, 3.8) is 0 Å². The van der Waals surface area contributed by atoms with Crippen molar-refractivity contribution in [3.8, 4) is 0 Å². The number of nitrogens with zero attached hydrogens (tertiary/aromatic N) is 4. The Morgan fingerprint density at radius 2 is 1.83 bits per heavy atom. The summed E-state index contributed by atoms with van der Waals surface area (Å²) in [7, 11) is -3.91. The zero-order chi connectivity index (χ0) is 20.4. The highest BCUT2D eigenvalue weighted by Crippen LogP contribution is 2.28. The van der Waals surface area contributed by atoms with Crippen LogP contribution in [0.25, 0.3) is 5.65 Å². The van der Waals surface area contributed by atoms with Crippen molar-refractivity contribution in [1.29, 1.82) is 0 Å². The summed E-state index contributed by atoms with van der Waals surface area (Å²) in [6.07, 6.45) is 4.07. The van der Waals surface area contributed by atoms with Crippen molar-refractivity contribution < 1.29 is 8.42 Å².